The van der Waals surface area contributed by atoms with Crippen molar-refractivity contribution in [3.63, 3.8) is 0 Å². The van der Waals surface area contributed by atoms with Crippen LogP contribution in [0.25, 0.3) is 0 Å². The Balaban J connectivity index is 1.76. The number of allylic oxidation sites excluding steroid dienone is 2. The Labute approximate surface area is 145 Å². The predicted octanol–water partition coefficient (Wildman–Crippen LogP) is 2.93. The molecule has 1 aromatic rings. The van der Waals surface area contributed by atoms with E-state index in [1.807, 2.05) is 19.1 Å². The molecule has 3 rings (SSSR count). The van der Waals surface area contributed by atoms with E-state index in [0.29, 0.717) is 23.6 Å². The van der Waals surface area contributed by atoms with Gasteiger partial charge in [-0.25, -0.2) is 0 Å². The van der Waals surface area contributed by atoms with Gasteiger partial charge in [0.2, 0.25) is 17.7 Å². The van der Waals surface area contributed by atoms with Gasteiger partial charge in [-0.1, -0.05) is 23.8 Å². The molecule has 0 spiro atoms. The Hall–Kier alpha value is -2.14. The molecule has 0 aromatic heterocycles. The summed E-state index contributed by atoms with van der Waals surface area (Å²) in [6.45, 7) is 3.42. The lowest BCUT2D eigenvalue weighted by Gasteiger charge is -2.22. The maximum absolute atomic E-state index is 12.5. The Kier molecular flexibility index (Phi) is 4.45. The van der Waals surface area contributed by atoms with Crippen LogP contribution in [0.15, 0.2) is 30.4 Å². The van der Waals surface area contributed by atoms with Crippen molar-refractivity contribution in [2.75, 3.05) is 5.32 Å². The number of rotatable bonds is 3. The molecule has 1 saturated heterocycles. The summed E-state index contributed by atoms with van der Waals surface area (Å²) in [4.78, 5) is 38.7. The molecule has 2 aliphatic rings. The lowest BCUT2D eigenvalue weighted by atomic mass is 9.85. The molecule has 0 saturated carbocycles. The fourth-order valence-corrected chi connectivity index (χ4v) is 3.56. The van der Waals surface area contributed by atoms with E-state index in [1.165, 1.54) is 0 Å². The van der Waals surface area contributed by atoms with Crippen LogP contribution in [0, 0.1) is 18.8 Å². The minimum atomic E-state index is -0.842. The van der Waals surface area contributed by atoms with Gasteiger partial charge in [0.1, 0.15) is 6.04 Å². The largest absolute Gasteiger partial charge is 0.324 e. The summed E-state index contributed by atoms with van der Waals surface area (Å²) in [6.07, 6.45) is 4.99. The van der Waals surface area contributed by atoms with Crippen LogP contribution in [-0.4, -0.2) is 28.7 Å². The van der Waals surface area contributed by atoms with Crippen LogP contribution < -0.4 is 5.32 Å². The van der Waals surface area contributed by atoms with Crippen LogP contribution in [0.2, 0.25) is 5.02 Å². The van der Waals surface area contributed by atoms with Crippen LogP contribution in [0.3, 0.4) is 0 Å². The first-order chi connectivity index (χ1) is 11.4. The van der Waals surface area contributed by atoms with Gasteiger partial charge in [-0.05, 0) is 50.5 Å². The number of aryl methyl sites for hydroxylation is 1. The van der Waals surface area contributed by atoms with Crippen molar-refractivity contribution < 1.29 is 14.4 Å². The summed E-state index contributed by atoms with van der Waals surface area (Å²) in [5.41, 5.74) is 1.44. The van der Waals surface area contributed by atoms with Crippen molar-refractivity contribution in [2.45, 2.75) is 32.7 Å². The van der Waals surface area contributed by atoms with Crippen molar-refractivity contribution in [1.82, 2.24) is 4.90 Å². The van der Waals surface area contributed by atoms with Gasteiger partial charge in [0.15, 0.2) is 0 Å². The van der Waals surface area contributed by atoms with E-state index in [4.69, 9.17) is 11.6 Å². The molecular weight excluding hydrogens is 328 g/mol. The van der Waals surface area contributed by atoms with E-state index in [2.05, 4.69) is 5.32 Å². The zero-order chi connectivity index (χ0) is 17.4. The first-order valence-electron chi connectivity index (χ1n) is 7.99. The Morgan fingerprint density at radius 3 is 2.33 bits per heavy atom. The number of nitrogens with one attached hydrogen (secondary N) is 1. The minimum absolute atomic E-state index is 0.246. The molecule has 24 heavy (non-hydrogen) atoms. The van der Waals surface area contributed by atoms with Crippen LogP contribution >= 0.6 is 11.6 Å². The zero-order valence-electron chi connectivity index (χ0n) is 13.6. The Morgan fingerprint density at radius 1 is 1.21 bits per heavy atom. The van der Waals surface area contributed by atoms with Gasteiger partial charge in [-0.2, -0.15) is 0 Å². The molecule has 6 heteroatoms. The van der Waals surface area contributed by atoms with Crippen molar-refractivity contribution in [3.05, 3.63) is 40.9 Å². The minimum Gasteiger partial charge on any atom is -0.324 e. The van der Waals surface area contributed by atoms with Crippen LogP contribution in [0.5, 0.6) is 0 Å². The molecule has 0 radical (unpaired) electrons. The fourth-order valence-electron chi connectivity index (χ4n) is 3.33. The van der Waals surface area contributed by atoms with Crippen molar-refractivity contribution in [2.24, 2.45) is 11.8 Å². The van der Waals surface area contributed by atoms with Crippen molar-refractivity contribution in [1.29, 1.82) is 0 Å². The van der Waals surface area contributed by atoms with E-state index in [9.17, 15) is 14.4 Å². The molecule has 1 heterocycles. The average molecular weight is 347 g/mol. The number of fused-ring (bicyclic) bond motifs is 1. The van der Waals surface area contributed by atoms with Gasteiger partial charge in [0.25, 0.3) is 0 Å². The molecule has 5 nitrogen and oxygen atoms in total. The molecule has 1 aliphatic heterocycles. The second-order valence-corrected chi connectivity index (χ2v) is 6.76. The molecule has 3 amide bonds. The van der Waals surface area contributed by atoms with Crippen molar-refractivity contribution in [3.8, 4) is 0 Å². The quantitative estimate of drug-likeness (QED) is 0.676. The summed E-state index contributed by atoms with van der Waals surface area (Å²) in [5.74, 6) is -1.52. The van der Waals surface area contributed by atoms with Gasteiger partial charge >= 0.3 is 0 Å². The number of anilines is 1. The van der Waals surface area contributed by atoms with Crippen LogP contribution in [0.1, 0.15) is 25.3 Å². The number of carbonyl (C=O) groups is 3. The van der Waals surface area contributed by atoms with Gasteiger partial charge in [0.05, 0.1) is 11.8 Å². The van der Waals surface area contributed by atoms with Crippen molar-refractivity contribution >= 4 is 35.0 Å². The maximum atomic E-state index is 12.5. The fraction of sp³-hybridized carbons (Fsp3) is 0.389. The monoisotopic (exact) mass is 346 g/mol. The number of benzene rings is 1. The third kappa shape index (κ3) is 2.84. The standard InChI is InChI=1S/C18H19ClN2O3/c1-10-9-12(19)7-8-15(10)20-16(22)11(2)21-17(23)13-5-3-4-6-14(13)18(21)24/h3-4,7-9,11,13-14H,5-6H2,1-2H3,(H,20,22)/t11-,13-,14+/m0/s1. The first-order valence-corrected chi connectivity index (χ1v) is 8.37. The van der Waals surface area contributed by atoms with Gasteiger partial charge < -0.3 is 5.32 Å². The smallest absolute Gasteiger partial charge is 0.247 e. The SMILES string of the molecule is Cc1cc(Cl)ccc1NC(=O)[C@H](C)N1C(=O)[C@H]2CC=CC[C@H]2C1=O. The highest BCUT2D eigenvalue weighted by molar-refractivity contribution is 6.30. The Bertz CT molecular complexity index is 718. The van der Waals surface area contributed by atoms with E-state index >= 15 is 0 Å². The summed E-state index contributed by atoms with van der Waals surface area (Å²) >= 11 is 5.91. The number of amides is 3. The van der Waals surface area contributed by atoms with Gasteiger partial charge in [-0.15, -0.1) is 0 Å². The third-order valence-electron chi connectivity index (χ3n) is 4.75. The van der Waals surface area contributed by atoms with Crippen LogP contribution in [-0.2, 0) is 14.4 Å². The molecule has 0 bridgehead atoms. The number of likely N-dealkylation sites (tertiary alicyclic amines) is 1. The number of carbonyl (C=O) groups excluding carboxylic acids is 3. The third-order valence-corrected chi connectivity index (χ3v) is 4.99. The zero-order valence-corrected chi connectivity index (χ0v) is 14.3. The number of hydrogen-bond donors (Lipinski definition) is 1. The lowest BCUT2D eigenvalue weighted by molar-refractivity contribution is -0.146. The molecule has 1 fully saturated rings. The topological polar surface area (TPSA) is 66.5 Å². The highest BCUT2D eigenvalue weighted by Gasteiger charge is 2.50. The molecule has 3 atom stereocenters. The summed E-state index contributed by atoms with van der Waals surface area (Å²) in [5, 5.41) is 3.36. The second-order valence-electron chi connectivity index (χ2n) is 6.33. The number of nitrogens with zero attached hydrogens (tertiary/aromatic N) is 1. The molecule has 1 N–H and O–H groups in total. The molecule has 1 aliphatic carbocycles. The van der Waals surface area contributed by atoms with E-state index in [0.717, 1.165) is 10.5 Å². The van der Waals surface area contributed by atoms with E-state index < -0.39 is 6.04 Å². The highest BCUT2D eigenvalue weighted by Crippen LogP contribution is 2.36. The van der Waals surface area contributed by atoms with Gasteiger partial charge in [-0.3, -0.25) is 19.3 Å². The van der Waals surface area contributed by atoms with E-state index in [1.54, 1.807) is 25.1 Å². The number of halogens is 1. The Morgan fingerprint density at radius 2 is 1.79 bits per heavy atom. The van der Waals surface area contributed by atoms with E-state index in [-0.39, 0.29) is 29.6 Å². The molecular formula is C18H19ClN2O3. The highest BCUT2D eigenvalue weighted by atomic mass is 35.5. The van der Waals surface area contributed by atoms with Gasteiger partial charge in [0, 0.05) is 10.7 Å². The number of hydrogen-bond acceptors (Lipinski definition) is 3. The molecule has 1 aromatic carbocycles. The maximum Gasteiger partial charge on any atom is 0.247 e. The second kappa shape index (κ2) is 6.40. The normalized spacial score (nSPS) is 24.0. The summed E-state index contributed by atoms with van der Waals surface area (Å²) < 4.78 is 0. The molecule has 126 valence electrons. The summed E-state index contributed by atoms with van der Waals surface area (Å²) in [7, 11) is 0. The average Bonchev–Trinajstić information content (AvgIpc) is 2.81. The number of imide groups is 1. The molecule has 0 unspecified atom stereocenters. The first kappa shape index (κ1) is 16.7. The lowest BCUT2D eigenvalue weighted by Crippen LogP contribution is -2.46. The summed E-state index contributed by atoms with van der Waals surface area (Å²) in [6, 6.07) is 4.29. The van der Waals surface area contributed by atoms with Crippen LogP contribution in [0.4, 0.5) is 5.69 Å². The predicted molar refractivity (Wildman–Crippen MR) is 91.5 cm³/mol.